The van der Waals surface area contributed by atoms with Crippen molar-refractivity contribution in [1.82, 2.24) is 0 Å². The largest absolute Gasteiger partial charge is 0.0776 e. The number of fused-ring (bicyclic) bond motifs is 1. The lowest BCUT2D eigenvalue weighted by molar-refractivity contribution is 0.0605. The summed E-state index contributed by atoms with van der Waals surface area (Å²) in [6.07, 6.45) is 19.0. The molecule has 4 aliphatic rings. The molecular formula is C20H36. The van der Waals surface area contributed by atoms with Crippen LogP contribution in [0.5, 0.6) is 0 Å². The second kappa shape index (κ2) is 5.65. The summed E-state index contributed by atoms with van der Waals surface area (Å²) in [7, 11) is 0. The van der Waals surface area contributed by atoms with E-state index in [-0.39, 0.29) is 7.43 Å². The van der Waals surface area contributed by atoms with Crippen LogP contribution in [-0.2, 0) is 0 Å². The maximum atomic E-state index is 2.46. The van der Waals surface area contributed by atoms with E-state index in [0.717, 1.165) is 23.2 Å². The van der Waals surface area contributed by atoms with Crippen molar-refractivity contribution in [3.05, 3.63) is 0 Å². The average molecular weight is 277 g/mol. The molecule has 4 saturated carbocycles. The van der Waals surface area contributed by atoms with Crippen LogP contribution in [0.15, 0.2) is 0 Å². The van der Waals surface area contributed by atoms with Gasteiger partial charge in [-0.2, -0.15) is 0 Å². The number of rotatable bonds is 1. The molecule has 0 bridgehead atoms. The summed E-state index contributed by atoms with van der Waals surface area (Å²) in [4.78, 5) is 0. The van der Waals surface area contributed by atoms with Crippen LogP contribution in [0.25, 0.3) is 0 Å². The van der Waals surface area contributed by atoms with Crippen molar-refractivity contribution in [3.63, 3.8) is 0 Å². The Morgan fingerprint density at radius 2 is 1.20 bits per heavy atom. The lowest BCUT2D eigenvalue weighted by Gasteiger charge is -2.45. The van der Waals surface area contributed by atoms with E-state index in [9.17, 15) is 0 Å². The Morgan fingerprint density at radius 1 is 0.650 bits per heavy atom. The molecule has 116 valence electrons. The molecular weight excluding hydrogens is 240 g/mol. The minimum Gasteiger partial charge on any atom is -0.0776 e. The van der Waals surface area contributed by atoms with Gasteiger partial charge < -0.3 is 0 Å². The second-order valence-corrected chi connectivity index (χ2v) is 8.86. The number of hydrogen-bond acceptors (Lipinski definition) is 0. The van der Waals surface area contributed by atoms with Gasteiger partial charge in [0.2, 0.25) is 0 Å². The summed E-state index contributed by atoms with van der Waals surface area (Å²) < 4.78 is 0. The van der Waals surface area contributed by atoms with Gasteiger partial charge in [-0.1, -0.05) is 27.2 Å². The molecule has 0 radical (unpaired) electrons. The zero-order valence-electron chi connectivity index (χ0n) is 12.9. The predicted molar refractivity (Wildman–Crippen MR) is 87.7 cm³/mol. The molecule has 4 rings (SSSR count). The van der Waals surface area contributed by atoms with Crippen molar-refractivity contribution < 1.29 is 0 Å². The van der Waals surface area contributed by atoms with Gasteiger partial charge in [-0.15, -0.1) is 0 Å². The van der Waals surface area contributed by atoms with E-state index in [4.69, 9.17) is 0 Å². The summed E-state index contributed by atoms with van der Waals surface area (Å²) in [6, 6.07) is 0. The van der Waals surface area contributed by atoms with Crippen LogP contribution in [0.1, 0.15) is 91.4 Å². The van der Waals surface area contributed by atoms with Crippen LogP contribution >= 0.6 is 0 Å². The minimum atomic E-state index is 0. The van der Waals surface area contributed by atoms with Crippen LogP contribution in [-0.4, -0.2) is 0 Å². The van der Waals surface area contributed by atoms with Gasteiger partial charge in [0.1, 0.15) is 0 Å². The van der Waals surface area contributed by atoms with Crippen molar-refractivity contribution in [1.29, 1.82) is 0 Å². The van der Waals surface area contributed by atoms with Gasteiger partial charge in [-0.3, -0.25) is 0 Å². The van der Waals surface area contributed by atoms with E-state index >= 15 is 0 Å². The van der Waals surface area contributed by atoms with E-state index in [1.54, 1.807) is 64.2 Å². The molecule has 2 unspecified atom stereocenters. The van der Waals surface area contributed by atoms with Crippen LogP contribution in [0, 0.1) is 35.0 Å². The molecule has 0 amide bonds. The van der Waals surface area contributed by atoms with Gasteiger partial charge in [0, 0.05) is 0 Å². The van der Waals surface area contributed by atoms with E-state index in [2.05, 4.69) is 6.92 Å². The molecule has 0 aromatic heterocycles. The first-order valence-corrected chi connectivity index (χ1v) is 9.24. The fourth-order valence-electron chi connectivity index (χ4n) is 6.00. The topological polar surface area (TPSA) is 0 Å². The van der Waals surface area contributed by atoms with Crippen molar-refractivity contribution in [2.75, 3.05) is 0 Å². The molecule has 0 N–H and O–H groups in total. The van der Waals surface area contributed by atoms with Gasteiger partial charge >= 0.3 is 0 Å². The zero-order valence-corrected chi connectivity index (χ0v) is 12.9. The molecule has 0 saturated heterocycles. The summed E-state index contributed by atoms with van der Waals surface area (Å²) in [5.74, 6) is 5.63. The summed E-state index contributed by atoms with van der Waals surface area (Å²) in [6.45, 7) is 2.46. The van der Waals surface area contributed by atoms with Crippen molar-refractivity contribution in [2.24, 2.45) is 35.0 Å². The third-order valence-electron chi connectivity index (χ3n) is 7.63. The molecule has 0 heteroatoms. The molecule has 0 nitrogen and oxygen atoms in total. The van der Waals surface area contributed by atoms with Crippen molar-refractivity contribution in [2.45, 2.75) is 91.4 Å². The number of hydrogen-bond donors (Lipinski definition) is 0. The summed E-state index contributed by atoms with van der Waals surface area (Å²) in [5.41, 5.74) is 0.843. The Balaban J connectivity index is 0.00000121. The maximum Gasteiger partial charge on any atom is -0.0294 e. The highest BCUT2D eigenvalue weighted by Crippen LogP contribution is 2.61. The lowest BCUT2D eigenvalue weighted by atomic mass is 9.60. The smallest absolute Gasteiger partial charge is 0.0294 e. The van der Waals surface area contributed by atoms with E-state index in [1.165, 1.54) is 24.7 Å². The highest BCUT2D eigenvalue weighted by Gasteiger charge is 2.49. The third-order valence-corrected chi connectivity index (χ3v) is 7.63. The van der Waals surface area contributed by atoms with E-state index in [1.807, 2.05) is 0 Å². The monoisotopic (exact) mass is 276 g/mol. The first-order chi connectivity index (χ1) is 9.24. The van der Waals surface area contributed by atoms with Crippen LogP contribution in [0.4, 0.5) is 0 Å². The molecule has 4 fully saturated rings. The molecule has 20 heavy (non-hydrogen) atoms. The first kappa shape index (κ1) is 14.9. The second-order valence-electron chi connectivity index (χ2n) is 8.86. The molecule has 0 aromatic carbocycles. The summed E-state index contributed by atoms with van der Waals surface area (Å²) >= 11 is 0. The van der Waals surface area contributed by atoms with Crippen LogP contribution < -0.4 is 0 Å². The first-order valence-electron chi connectivity index (χ1n) is 9.24. The predicted octanol–water partition coefficient (Wildman–Crippen LogP) is 6.45. The SMILES string of the molecule is C.CC1CCC(C2CCC3(CC2)CCC2CC2C3)CC1. The zero-order chi connectivity index (χ0) is 12.9. The van der Waals surface area contributed by atoms with Gasteiger partial charge in [0.25, 0.3) is 0 Å². The standard InChI is InChI=1S/C19H32.CH4/c1-14-2-4-15(5-3-14)16-6-9-19(10-7-16)11-8-17-12-18(17)13-19;/h14-18H,2-13H2,1H3;1H4. The van der Waals surface area contributed by atoms with Crippen molar-refractivity contribution >= 4 is 0 Å². The molecule has 2 atom stereocenters. The van der Waals surface area contributed by atoms with E-state index < -0.39 is 0 Å². The normalized spacial score (nSPS) is 51.1. The van der Waals surface area contributed by atoms with Crippen LogP contribution in [0.2, 0.25) is 0 Å². The maximum absolute atomic E-state index is 2.46. The Bertz CT molecular complexity index is 315. The molecule has 0 heterocycles. The highest BCUT2D eigenvalue weighted by molar-refractivity contribution is 5.00. The fraction of sp³-hybridized carbons (Fsp3) is 1.00. The third kappa shape index (κ3) is 2.81. The van der Waals surface area contributed by atoms with Gasteiger partial charge in [0.15, 0.2) is 0 Å². The lowest BCUT2D eigenvalue weighted by Crippen LogP contribution is -2.33. The highest BCUT2D eigenvalue weighted by atomic mass is 14.5. The fourth-order valence-corrected chi connectivity index (χ4v) is 6.00. The average Bonchev–Trinajstić information content (AvgIpc) is 3.19. The van der Waals surface area contributed by atoms with Gasteiger partial charge in [-0.25, -0.2) is 0 Å². The Kier molecular flexibility index (Phi) is 4.22. The van der Waals surface area contributed by atoms with Crippen LogP contribution in [0.3, 0.4) is 0 Å². The molecule has 1 spiro atoms. The molecule has 0 aromatic rings. The van der Waals surface area contributed by atoms with Gasteiger partial charge in [-0.05, 0) is 99.2 Å². The minimum absolute atomic E-state index is 0. The van der Waals surface area contributed by atoms with E-state index in [0.29, 0.717) is 0 Å². The quantitative estimate of drug-likeness (QED) is 0.516. The summed E-state index contributed by atoms with van der Waals surface area (Å²) in [5, 5.41) is 0. The van der Waals surface area contributed by atoms with Crippen molar-refractivity contribution in [3.8, 4) is 0 Å². The Morgan fingerprint density at radius 3 is 1.80 bits per heavy atom. The molecule has 0 aliphatic heterocycles. The van der Waals surface area contributed by atoms with Gasteiger partial charge in [0.05, 0.1) is 0 Å². The Labute approximate surface area is 127 Å². The Hall–Kier alpha value is 0. The molecule has 4 aliphatic carbocycles.